The number of anilines is 2. The first-order valence-corrected chi connectivity index (χ1v) is 12.8. The molecule has 1 aliphatic heterocycles. The molecule has 2 N–H and O–H groups in total. The van der Waals surface area contributed by atoms with Gasteiger partial charge in [0.2, 0.25) is 0 Å². The highest BCUT2D eigenvalue weighted by atomic mass is 16.5. The molecule has 1 amide bonds. The minimum atomic E-state index is -0.319. The lowest BCUT2D eigenvalue weighted by Gasteiger charge is -2.34. The standard InChI is InChI=1S/C26H33N7O2/c1-16-14-32-15-21(22(35-2)11-23(32)29-16)31-26(34)20-12-28-24(13-27-20)33-10-9-19(30-18-7-8-18)25(33)17-5-3-4-6-17/h11-15,17-19,25,30H,3-10H2,1-2H3,(H,31,34)/t19-,25?/m1/s1. The Bertz CT molecular complexity index is 1210. The molecule has 3 aromatic rings. The molecular weight excluding hydrogens is 442 g/mol. The van der Waals surface area contributed by atoms with Crippen molar-refractivity contribution in [3.8, 4) is 5.75 Å². The number of fused-ring (bicyclic) bond motifs is 1. The van der Waals surface area contributed by atoms with Crippen LogP contribution in [0.2, 0.25) is 0 Å². The Kier molecular flexibility index (Phi) is 5.80. The largest absolute Gasteiger partial charge is 0.494 e. The fraction of sp³-hybridized carbons (Fsp3) is 0.538. The molecule has 3 fully saturated rings. The topological polar surface area (TPSA) is 96.7 Å². The van der Waals surface area contributed by atoms with E-state index < -0.39 is 0 Å². The molecule has 3 aromatic heterocycles. The van der Waals surface area contributed by atoms with Crippen LogP contribution in [0, 0.1) is 12.8 Å². The van der Waals surface area contributed by atoms with Crippen molar-refractivity contribution in [2.24, 2.45) is 5.92 Å². The zero-order valence-electron chi connectivity index (χ0n) is 20.4. The number of aryl methyl sites for hydroxylation is 1. The predicted octanol–water partition coefficient (Wildman–Crippen LogP) is 3.58. The molecule has 184 valence electrons. The molecule has 6 rings (SSSR count). The van der Waals surface area contributed by atoms with Crippen molar-refractivity contribution in [3.63, 3.8) is 0 Å². The van der Waals surface area contributed by atoms with E-state index in [-0.39, 0.29) is 11.6 Å². The van der Waals surface area contributed by atoms with Gasteiger partial charge in [0.1, 0.15) is 28.6 Å². The third-order valence-corrected chi connectivity index (χ3v) is 7.67. The Morgan fingerprint density at radius 1 is 1.09 bits per heavy atom. The molecule has 9 nitrogen and oxygen atoms in total. The smallest absolute Gasteiger partial charge is 0.276 e. The third kappa shape index (κ3) is 4.45. The number of hydrogen-bond donors (Lipinski definition) is 2. The lowest BCUT2D eigenvalue weighted by Crippen LogP contribution is -2.47. The first-order valence-electron chi connectivity index (χ1n) is 12.8. The van der Waals surface area contributed by atoms with Gasteiger partial charge in [0.15, 0.2) is 0 Å². The number of ether oxygens (including phenoxy) is 1. The van der Waals surface area contributed by atoms with E-state index in [1.54, 1.807) is 31.8 Å². The van der Waals surface area contributed by atoms with Gasteiger partial charge in [-0.25, -0.2) is 15.0 Å². The Morgan fingerprint density at radius 2 is 1.91 bits per heavy atom. The van der Waals surface area contributed by atoms with Gasteiger partial charge >= 0.3 is 0 Å². The lowest BCUT2D eigenvalue weighted by atomic mass is 9.92. The van der Waals surface area contributed by atoms with E-state index in [0.29, 0.717) is 35.5 Å². The van der Waals surface area contributed by atoms with Crippen LogP contribution in [0.4, 0.5) is 11.5 Å². The summed E-state index contributed by atoms with van der Waals surface area (Å²) in [5, 5.41) is 6.81. The molecule has 2 aliphatic carbocycles. The third-order valence-electron chi connectivity index (χ3n) is 7.67. The molecule has 9 heteroatoms. The van der Waals surface area contributed by atoms with E-state index in [2.05, 4.69) is 25.5 Å². The van der Waals surface area contributed by atoms with Gasteiger partial charge in [-0.05, 0) is 44.9 Å². The maximum Gasteiger partial charge on any atom is 0.276 e. The van der Waals surface area contributed by atoms with E-state index in [4.69, 9.17) is 9.72 Å². The Balaban J connectivity index is 1.19. The van der Waals surface area contributed by atoms with Crippen molar-refractivity contribution in [1.82, 2.24) is 24.7 Å². The molecular formula is C26H33N7O2. The summed E-state index contributed by atoms with van der Waals surface area (Å²) in [6.07, 6.45) is 16.0. The van der Waals surface area contributed by atoms with Crippen LogP contribution in [0.5, 0.6) is 5.75 Å². The van der Waals surface area contributed by atoms with Crippen LogP contribution in [0.15, 0.2) is 30.9 Å². The number of pyridine rings is 1. The normalized spacial score (nSPS) is 22.7. The quantitative estimate of drug-likeness (QED) is 0.539. The number of aromatic nitrogens is 4. The van der Waals surface area contributed by atoms with Crippen molar-refractivity contribution >= 4 is 23.1 Å². The highest BCUT2D eigenvalue weighted by Crippen LogP contribution is 2.38. The van der Waals surface area contributed by atoms with Crippen LogP contribution in [-0.2, 0) is 0 Å². The Labute approximate surface area is 205 Å². The molecule has 4 heterocycles. The summed E-state index contributed by atoms with van der Waals surface area (Å²) >= 11 is 0. The molecule has 3 aliphatic rings. The van der Waals surface area contributed by atoms with Crippen molar-refractivity contribution in [3.05, 3.63) is 42.2 Å². The summed E-state index contributed by atoms with van der Waals surface area (Å²) in [6.45, 7) is 2.91. The maximum absolute atomic E-state index is 13.0. The number of nitrogens with one attached hydrogen (secondary N) is 2. The summed E-state index contributed by atoms with van der Waals surface area (Å²) in [7, 11) is 1.58. The van der Waals surface area contributed by atoms with E-state index in [1.165, 1.54) is 38.5 Å². The molecule has 0 bridgehead atoms. The predicted molar refractivity (Wildman–Crippen MR) is 134 cm³/mol. The van der Waals surface area contributed by atoms with Gasteiger partial charge in [-0.1, -0.05) is 12.8 Å². The fourth-order valence-corrected chi connectivity index (χ4v) is 5.88. The first kappa shape index (κ1) is 22.3. The minimum Gasteiger partial charge on any atom is -0.494 e. The Hall–Kier alpha value is -3.20. The van der Waals surface area contributed by atoms with Gasteiger partial charge in [0.25, 0.3) is 5.91 Å². The van der Waals surface area contributed by atoms with Crippen LogP contribution >= 0.6 is 0 Å². The highest BCUT2D eigenvalue weighted by Gasteiger charge is 2.42. The second kappa shape index (κ2) is 9.11. The second-order valence-electron chi connectivity index (χ2n) is 10.2. The average Bonchev–Trinajstić information content (AvgIpc) is 3.21. The van der Waals surface area contributed by atoms with Crippen molar-refractivity contribution < 1.29 is 9.53 Å². The molecule has 1 unspecified atom stereocenters. The van der Waals surface area contributed by atoms with Crippen LogP contribution in [0.3, 0.4) is 0 Å². The number of hydrogen-bond acceptors (Lipinski definition) is 7. The van der Waals surface area contributed by atoms with E-state index in [0.717, 1.165) is 30.1 Å². The molecule has 0 aromatic carbocycles. The van der Waals surface area contributed by atoms with Gasteiger partial charge in [0, 0.05) is 43.1 Å². The molecule has 2 saturated carbocycles. The minimum absolute atomic E-state index is 0.280. The maximum atomic E-state index is 13.0. The van der Waals surface area contributed by atoms with Gasteiger partial charge in [0.05, 0.1) is 25.2 Å². The number of nitrogens with zero attached hydrogens (tertiary/aromatic N) is 5. The van der Waals surface area contributed by atoms with Gasteiger partial charge in [-0.2, -0.15) is 0 Å². The van der Waals surface area contributed by atoms with E-state index in [1.807, 2.05) is 17.5 Å². The molecule has 0 spiro atoms. The average molecular weight is 476 g/mol. The number of methoxy groups -OCH3 is 1. The van der Waals surface area contributed by atoms with Gasteiger partial charge in [-0.15, -0.1) is 0 Å². The molecule has 35 heavy (non-hydrogen) atoms. The summed E-state index contributed by atoms with van der Waals surface area (Å²) < 4.78 is 7.34. The van der Waals surface area contributed by atoms with Gasteiger partial charge < -0.3 is 24.7 Å². The SMILES string of the molecule is COc1cc2nc(C)cn2cc1NC(=O)c1cnc(N2CC[C@@H](NC3CC3)C2C2CCCC2)cn1. The zero-order valence-corrected chi connectivity index (χ0v) is 20.4. The molecule has 0 radical (unpaired) electrons. The van der Waals surface area contributed by atoms with E-state index in [9.17, 15) is 4.79 Å². The molecule has 2 atom stereocenters. The first-order chi connectivity index (χ1) is 17.1. The van der Waals surface area contributed by atoms with Gasteiger partial charge in [-0.3, -0.25) is 4.79 Å². The van der Waals surface area contributed by atoms with Crippen molar-refractivity contribution in [2.45, 2.75) is 70.0 Å². The monoisotopic (exact) mass is 475 g/mol. The number of carbonyl (C=O) groups excluding carboxylic acids is 1. The summed E-state index contributed by atoms with van der Waals surface area (Å²) in [5.41, 5.74) is 2.49. The summed E-state index contributed by atoms with van der Waals surface area (Å²) in [4.78, 5) is 29.1. The van der Waals surface area contributed by atoms with Crippen LogP contribution in [0.1, 0.15) is 61.1 Å². The van der Waals surface area contributed by atoms with E-state index >= 15 is 0 Å². The van der Waals surface area contributed by atoms with Crippen molar-refractivity contribution in [1.29, 1.82) is 0 Å². The zero-order chi connectivity index (χ0) is 23.9. The van der Waals surface area contributed by atoms with Crippen LogP contribution < -0.4 is 20.3 Å². The summed E-state index contributed by atoms with van der Waals surface area (Å²) in [6, 6.07) is 3.48. The summed E-state index contributed by atoms with van der Waals surface area (Å²) in [5.74, 6) is 1.80. The fourth-order valence-electron chi connectivity index (χ4n) is 5.88. The number of amides is 1. The number of imidazole rings is 1. The number of carbonyl (C=O) groups is 1. The molecule has 1 saturated heterocycles. The highest BCUT2D eigenvalue weighted by molar-refractivity contribution is 6.03. The van der Waals surface area contributed by atoms with Crippen LogP contribution in [-0.4, -0.2) is 57.0 Å². The lowest BCUT2D eigenvalue weighted by molar-refractivity contribution is 0.102. The van der Waals surface area contributed by atoms with Crippen LogP contribution in [0.25, 0.3) is 5.65 Å². The Morgan fingerprint density at radius 3 is 2.63 bits per heavy atom. The van der Waals surface area contributed by atoms with Crippen molar-refractivity contribution in [2.75, 3.05) is 23.9 Å². The second-order valence-corrected chi connectivity index (χ2v) is 10.2. The number of rotatable bonds is 7.